The quantitative estimate of drug-likeness (QED) is 0.831. The van der Waals surface area contributed by atoms with Gasteiger partial charge in [0.25, 0.3) is 0 Å². The first kappa shape index (κ1) is 11.9. The van der Waals surface area contributed by atoms with Crippen LogP contribution in [0.1, 0.15) is 17.7 Å². The van der Waals surface area contributed by atoms with E-state index in [0.717, 1.165) is 30.2 Å². The minimum absolute atomic E-state index is 0.505. The fourth-order valence-corrected chi connectivity index (χ4v) is 3.06. The van der Waals surface area contributed by atoms with Crippen LogP contribution in [0, 0.1) is 6.92 Å². The highest BCUT2D eigenvalue weighted by molar-refractivity contribution is 7.99. The van der Waals surface area contributed by atoms with E-state index in [2.05, 4.69) is 16.4 Å². The van der Waals surface area contributed by atoms with Crippen molar-refractivity contribution in [3.63, 3.8) is 0 Å². The molecule has 88 valence electrons. The predicted molar refractivity (Wildman–Crippen MR) is 67.6 cm³/mol. The van der Waals surface area contributed by atoms with Crippen molar-refractivity contribution in [1.29, 1.82) is 0 Å². The SMILES string of the molecule is Cc1ccc(CNCC2(O)CCSC2)nc1. The van der Waals surface area contributed by atoms with Crippen LogP contribution in [-0.4, -0.2) is 33.7 Å². The van der Waals surface area contributed by atoms with E-state index in [1.807, 2.05) is 30.9 Å². The van der Waals surface area contributed by atoms with Gasteiger partial charge in [0.1, 0.15) is 0 Å². The summed E-state index contributed by atoms with van der Waals surface area (Å²) in [6.07, 6.45) is 2.77. The molecule has 1 fully saturated rings. The van der Waals surface area contributed by atoms with Crippen LogP contribution in [-0.2, 0) is 6.54 Å². The Kier molecular flexibility index (Phi) is 3.84. The lowest BCUT2D eigenvalue weighted by molar-refractivity contribution is 0.0674. The molecule has 0 saturated carbocycles. The average molecular weight is 238 g/mol. The molecular formula is C12H18N2OS. The topological polar surface area (TPSA) is 45.1 Å². The van der Waals surface area contributed by atoms with Crippen molar-refractivity contribution < 1.29 is 5.11 Å². The van der Waals surface area contributed by atoms with Gasteiger partial charge in [0.05, 0.1) is 11.3 Å². The van der Waals surface area contributed by atoms with Gasteiger partial charge in [-0.2, -0.15) is 11.8 Å². The van der Waals surface area contributed by atoms with Crippen molar-refractivity contribution in [2.45, 2.75) is 25.5 Å². The maximum atomic E-state index is 10.1. The van der Waals surface area contributed by atoms with E-state index in [-0.39, 0.29) is 0 Å². The third-order valence-electron chi connectivity index (χ3n) is 2.82. The molecule has 2 rings (SSSR count). The minimum atomic E-state index is -0.505. The zero-order chi connectivity index (χ0) is 11.4. The van der Waals surface area contributed by atoms with E-state index in [1.165, 1.54) is 5.56 Å². The third kappa shape index (κ3) is 3.20. The van der Waals surface area contributed by atoms with Crippen LogP contribution in [0.2, 0.25) is 0 Å². The normalized spacial score (nSPS) is 24.9. The van der Waals surface area contributed by atoms with E-state index in [1.54, 1.807) is 0 Å². The molecule has 0 aliphatic carbocycles. The number of aromatic nitrogens is 1. The lowest BCUT2D eigenvalue weighted by Crippen LogP contribution is -2.40. The second-order valence-electron chi connectivity index (χ2n) is 4.46. The summed E-state index contributed by atoms with van der Waals surface area (Å²) in [7, 11) is 0. The molecule has 3 nitrogen and oxygen atoms in total. The first-order chi connectivity index (χ1) is 7.68. The molecule has 2 N–H and O–H groups in total. The fraction of sp³-hybridized carbons (Fsp3) is 0.583. The molecule has 4 heteroatoms. The van der Waals surface area contributed by atoms with Crippen LogP contribution < -0.4 is 5.32 Å². The highest BCUT2D eigenvalue weighted by atomic mass is 32.2. The fourth-order valence-electron chi connectivity index (χ4n) is 1.76. The van der Waals surface area contributed by atoms with E-state index >= 15 is 0 Å². The Morgan fingerprint density at radius 2 is 2.44 bits per heavy atom. The number of aliphatic hydroxyl groups is 1. The van der Waals surface area contributed by atoms with Crippen molar-refractivity contribution in [1.82, 2.24) is 10.3 Å². The number of nitrogens with zero attached hydrogens (tertiary/aromatic N) is 1. The number of hydrogen-bond donors (Lipinski definition) is 2. The Hall–Kier alpha value is -0.580. The third-order valence-corrected chi connectivity index (χ3v) is 4.05. The van der Waals surface area contributed by atoms with E-state index in [4.69, 9.17) is 0 Å². The smallest absolute Gasteiger partial charge is 0.0869 e. The van der Waals surface area contributed by atoms with Crippen LogP contribution in [0.5, 0.6) is 0 Å². The minimum Gasteiger partial charge on any atom is -0.388 e. The Bertz CT molecular complexity index is 333. The number of thioether (sulfide) groups is 1. The van der Waals surface area contributed by atoms with Gasteiger partial charge in [-0.3, -0.25) is 4.98 Å². The van der Waals surface area contributed by atoms with Crippen LogP contribution >= 0.6 is 11.8 Å². The molecule has 1 aliphatic heterocycles. The lowest BCUT2D eigenvalue weighted by Gasteiger charge is -2.21. The summed E-state index contributed by atoms with van der Waals surface area (Å²) in [4.78, 5) is 4.32. The Balaban J connectivity index is 1.77. The van der Waals surface area contributed by atoms with Crippen LogP contribution in [0.25, 0.3) is 0 Å². The van der Waals surface area contributed by atoms with Gasteiger partial charge in [0, 0.05) is 25.0 Å². The summed E-state index contributed by atoms with van der Waals surface area (Å²) < 4.78 is 0. The number of pyridine rings is 1. The van der Waals surface area contributed by atoms with Gasteiger partial charge in [-0.05, 0) is 30.7 Å². The molecule has 0 radical (unpaired) electrons. The summed E-state index contributed by atoms with van der Waals surface area (Å²) >= 11 is 1.82. The van der Waals surface area contributed by atoms with E-state index in [0.29, 0.717) is 6.54 Å². The second-order valence-corrected chi connectivity index (χ2v) is 5.56. The Morgan fingerprint density at radius 3 is 3.06 bits per heavy atom. The molecular weight excluding hydrogens is 220 g/mol. The molecule has 0 bridgehead atoms. The maximum Gasteiger partial charge on any atom is 0.0869 e. The maximum absolute atomic E-state index is 10.1. The molecule has 0 aromatic carbocycles. The van der Waals surface area contributed by atoms with Crippen molar-refractivity contribution in [2.24, 2.45) is 0 Å². The summed E-state index contributed by atoms with van der Waals surface area (Å²) in [5.41, 5.74) is 1.70. The number of aryl methyl sites for hydroxylation is 1. The summed E-state index contributed by atoms with van der Waals surface area (Å²) in [6, 6.07) is 4.08. The number of rotatable bonds is 4. The van der Waals surface area contributed by atoms with Crippen LogP contribution in [0.15, 0.2) is 18.3 Å². The molecule has 1 aromatic heterocycles. The van der Waals surface area contributed by atoms with Gasteiger partial charge in [-0.25, -0.2) is 0 Å². The van der Waals surface area contributed by atoms with Crippen LogP contribution in [0.3, 0.4) is 0 Å². The van der Waals surface area contributed by atoms with Crippen molar-refractivity contribution in [3.8, 4) is 0 Å². The highest BCUT2D eigenvalue weighted by Crippen LogP contribution is 2.26. The van der Waals surface area contributed by atoms with Gasteiger partial charge in [-0.1, -0.05) is 6.07 Å². The molecule has 1 atom stereocenters. The van der Waals surface area contributed by atoms with Gasteiger partial charge in [-0.15, -0.1) is 0 Å². The van der Waals surface area contributed by atoms with Gasteiger partial charge in [0.2, 0.25) is 0 Å². The van der Waals surface area contributed by atoms with Gasteiger partial charge >= 0.3 is 0 Å². The molecule has 1 aliphatic rings. The largest absolute Gasteiger partial charge is 0.388 e. The zero-order valence-corrected chi connectivity index (χ0v) is 10.4. The van der Waals surface area contributed by atoms with Crippen LogP contribution in [0.4, 0.5) is 0 Å². The molecule has 2 heterocycles. The van der Waals surface area contributed by atoms with Gasteiger partial charge < -0.3 is 10.4 Å². The molecule has 16 heavy (non-hydrogen) atoms. The Morgan fingerprint density at radius 1 is 1.56 bits per heavy atom. The summed E-state index contributed by atoms with van der Waals surface area (Å²) in [5, 5.41) is 13.4. The van der Waals surface area contributed by atoms with Crippen molar-refractivity contribution in [2.75, 3.05) is 18.1 Å². The number of hydrogen-bond acceptors (Lipinski definition) is 4. The first-order valence-electron chi connectivity index (χ1n) is 5.60. The van der Waals surface area contributed by atoms with E-state index < -0.39 is 5.60 Å². The molecule has 0 amide bonds. The molecule has 1 saturated heterocycles. The second kappa shape index (κ2) is 5.17. The lowest BCUT2D eigenvalue weighted by atomic mass is 10.0. The molecule has 0 spiro atoms. The highest BCUT2D eigenvalue weighted by Gasteiger charge is 2.30. The van der Waals surface area contributed by atoms with E-state index in [9.17, 15) is 5.11 Å². The first-order valence-corrected chi connectivity index (χ1v) is 6.76. The predicted octanol–water partition coefficient (Wildman–Crippen LogP) is 1.35. The Labute approximate surface area is 101 Å². The standard InChI is InChI=1S/C12H18N2OS/c1-10-2-3-11(14-6-10)7-13-8-12(15)4-5-16-9-12/h2-3,6,13,15H,4-5,7-9H2,1H3. The van der Waals surface area contributed by atoms with Gasteiger partial charge in [0.15, 0.2) is 0 Å². The van der Waals surface area contributed by atoms with Crippen molar-refractivity contribution in [3.05, 3.63) is 29.6 Å². The summed E-state index contributed by atoms with van der Waals surface area (Å²) in [6.45, 7) is 3.42. The number of nitrogens with one attached hydrogen (secondary N) is 1. The monoisotopic (exact) mass is 238 g/mol. The zero-order valence-electron chi connectivity index (χ0n) is 9.57. The molecule has 1 aromatic rings. The summed E-state index contributed by atoms with van der Waals surface area (Å²) in [5.74, 6) is 1.92. The van der Waals surface area contributed by atoms with Crippen molar-refractivity contribution >= 4 is 11.8 Å². The molecule has 1 unspecified atom stereocenters. The average Bonchev–Trinajstić information content (AvgIpc) is 2.69.